The molecule has 11 heavy (non-hydrogen) atoms. The van der Waals surface area contributed by atoms with E-state index in [4.69, 9.17) is 0 Å². The summed E-state index contributed by atoms with van der Waals surface area (Å²) in [7, 11) is 0. The number of fused-ring (bicyclic) bond motifs is 1. The second-order valence-corrected chi connectivity index (χ2v) is 2.28. The predicted octanol–water partition coefficient (Wildman–Crippen LogP) is -1.97. The molecule has 0 aliphatic carbocycles. The zero-order chi connectivity index (χ0) is 5.56. The Kier molecular flexibility index (Phi) is 4.71. The van der Waals surface area contributed by atoms with Crippen LogP contribution < -0.4 is 0 Å². The van der Waals surface area contributed by atoms with Crippen LogP contribution in [0, 0.1) is 0 Å². The first-order valence-electron chi connectivity index (χ1n) is 2.86. The van der Waals surface area contributed by atoms with Crippen LogP contribution in [0.3, 0.4) is 0 Å². The van der Waals surface area contributed by atoms with Gasteiger partial charge in [-0.3, -0.25) is 4.79 Å². The van der Waals surface area contributed by atoms with Crippen molar-refractivity contribution >= 4 is 5.91 Å². The number of β-lactam (4-membered cyclic amide) rings is 1. The smallest absolute Gasteiger partial charge is 0.228 e. The van der Waals surface area contributed by atoms with Crippen LogP contribution in [0.1, 0.15) is 12.8 Å². The first-order valence-corrected chi connectivity index (χ1v) is 2.86. The van der Waals surface area contributed by atoms with Gasteiger partial charge in [-0.1, -0.05) is 6.08 Å². The third-order valence-electron chi connectivity index (χ3n) is 1.77. The molecule has 0 aromatic heterocycles. The lowest BCUT2D eigenvalue weighted by molar-refractivity contribution is -0.140. The van der Waals surface area contributed by atoms with Gasteiger partial charge in [-0.05, 0) is 6.42 Å². The molecule has 0 radical (unpaired) electrons. The van der Waals surface area contributed by atoms with Crippen LogP contribution in [0.4, 0.5) is 0 Å². The molecule has 0 unspecified atom stereocenters. The summed E-state index contributed by atoms with van der Waals surface area (Å²) in [6.45, 7) is 0. The topological polar surface area (TPSA) is 115 Å². The van der Waals surface area contributed by atoms with E-state index in [-0.39, 0.29) is 22.3 Å². The van der Waals surface area contributed by atoms with Crippen LogP contribution in [0.15, 0.2) is 12.3 Å². The van der Waals surface area contributed by atoms with E-state index in [9.17, 15) is 4.79 Å². The molecule has 0 aromatic carbocycles. The summed E-state index contributed by atoms with van der Waals surface area (Å²) in [6, 6.07) is 0.544. The molecule has 1 saturated heterocycles. The zero-order valence-electron chi connectivity index (χ0n) is 6.00. The fourth-order valence-electron chi connectivity index (χ4n) is 1.23. The molecule has 0 aromatic rings. The van der Waals surface area contributed by atoms with Crippen molar-refractivity contribution in [3.63, 3.8) is 0 Å². The summed E-state index contributed by atoms with van der Waals surface area (Å²) in [5.41, 5.74) is 0. The van der Waals surface area contributed by atoms with Gasteiger partial charge in [0, 0.05) is 18.7 Å². The number of carbonyl (C=O) groups is 1. The molecule has 0 bridgehead atoms. The molecule has 0 saturated carbocycles. The molecule has 2 heterocycles. The second-order valence-electron chi connectivity index (χ2n) is 2.28. The minimum atomic E-state index is 0. The molecular weight excluding hydrogens is 150 g/mol. The van der Waals surface area contributed by atoms with Crippen LogP contribution in [0.2, 0.25) is 0 Å². The fourth-order valence-corrected chi connectivity index (χ4v) is 1.23. The maximum Gasteiger partial charge on any atom is 0.228 e. The maximum absolute atomic E-state index is 10.6. The van der Waals surface area contributed by atoms with E-state index in [1.54, 1.807) is 4.90 Å². The van der Waals surface area contributed by atoms with Crippen molar-refractivity contribution in [2.75, 3.05) is 0 Å². The molecule has 6 N–H and O–H groups in total. The van der Waals surface area contributed by atoms with Gasteiger partial charge in [0.25, 0.3) is 0 Å². The molecule has 2 aliphatic rings. The highest BCUT2D eigenvalue weighted by Crippen LogP contribution is 2.27. The Morgan fingerprint density at radius 3 is 2.36 bits per heavy atom. The predicted molar refractivity (Wildman–Crippen MR) is 39.8 cm³/mol. The van der Waals surface area contributed by atoms with E-state index >= 15 is 0 Å². The van der Waals surface area contributed by atoms with Crippen molar-refractivity contribution in [2.45, 2.75) is 18.9 Å². The molecule has 66 valence electrons. The molecule has 1 fully saturated rings. The maximum atomic E-state index is 10.6. The Morgan fingerprint density at radius 1 is 1.36 bits per heavy atom. The van der Waals surface area contributed by atoms with E-state index in [1.807, 2.05) is 6.20 Å². The Bertz CT molecular complexity index is 168. The Morgan fingerprint density at radius 2 is 2.00 bits per heavy atom. The van der Waals surface area contributed by atoms with Gasteiger partial charge in [0.05, 0.1) is 0 Å². The number of carbonyl (C=O) groups excluding carboxylic acids is 1. The van der Waals surface area contributed by atoms with E-state index in [1.165, 1.54) is 0 Å². The van der Waals surface area contributed by atoms with Crippen LogP contribution in [0.25, 0.3) is 0 Å². The van der Waals surface area contributed by atoms with Gasteiger partial charge in [-0.15, -0.1) is 0 Å². The first-order chi connectivity index (χ1) is 3.88. The van der Waals surface area contributed by atoms with Crippen molar-refractivity contribution in [1.29, 1.82) is 0 Å². The lowest BCUT2D eigenvalue weighted by Gasteiger charge is -2.32. The molecule has 5 nitrogen and oxygen atoms in total. The highest BCUT2D eigenvalue weighted by atomic mass is 16.2. The van der Waals surface area contributed by atoms with Crippen molar-refractivity contribution in [3.05, 3.63) is 12.3 Å². The fraction of sp³-hybridized carbons (Fsp3) is 0.500. The Hall–Kier alpha value is -0.910. The lowest BCUT2D eigenvalue weighted by Crippen LogP contribution is -2.45. The van der Waals surface area contributed by atoms with Gasteiger partial charge in [-0.25, -0.2) is 0 Å². The monoisotopic (exact) mass is 163 g/mol. The minimum Gasteiger partial charge on any atom is -0.412 e. The van der Waals surface area contributed by atoms with Gasteiger partial charge >= 0.3 is 0 Å². The highest BCUT2D eigenvalue weighted by molar-refractivity contribution is 5.84. The molecular formula is C6H13NO4. The van der Waals surface area contributed by atoms with Gasteiger partial charge in [0.2, 0.25) is 5.91 Å². The third-order valence-corrected chi connectivity index (χ3v) is 1.77. The standard InChI is InChI=1S/C6H7NO.3H2O/c8-6-4-5-2-1-3-7(5)6;;;/h1,3,5H,2,4H2;3*1H2/t5-;;;/m1.../s1. The molecule has 0 spiro atoms. The second kappa shape index (κ2) is 4.07. The highest BCUT2D eigenvalue weighted by Gasteiger charge is 2.35. The van der Waals surface area contributed by atoms with Crippen molar-refractivity contribution in [3.8, 4) is 0 Å². The average Bonchev–Trinajstić information content (AvgIpc) is 2.09. The first kappa shape index (κ1) is 12.7. The average molecular weight is 163 g/mol. The SMILES string of the molecule is O.O.O.O=C1C[C@H]2CC=CN12. The normalized spacial score (nSPS) is 23.8. The number of rotatable bonds is 0. The molecule has 5 heteroatoms. The largest absolute Gasteiger partial charge is 0.412 e. The van der Waals surface area contributed by atoms with Crippen molar-refractivity contribution in [2.24, 2.45) is 0 Å². The van der Waals surface area contributed by atoms with Crippen LogP contribution in [-0.2, 0) is 4.79 Å². The summed E-state index contributed by atoms with van der Waals surface area (Å²) < 4.78 is 0. The van der Waals surface area contributed by atoms with E-state index in [2.05, 4.69) is 6.08 Å². The minimum absolute atomic E-state index is 0. The molecule has 2 rings (SSSR count). The molecule has 1 amide bonds. The Balaban J connectivity index is 0. The lowest BCUT2D eigenvalue weighted by atomic mass is 10.0. The van der Waals surface area contributed by atoms with Crippen LogP contribution >= 0.6 is 0 Å². The zero-order valence-corrected chi connectivity index (χ0v) is 6.00. The van der Waals surface area contributed by atoms with E-state index < -0.39 is 0 Å². The summed E-state index contributed by atoms with van der Waals surface area (Å²) in [5, 5.41) is 0. The number of hydrogen-bond acceptors (Lipinski definition) is 1. The number of hydrogen-bond donors (Lipinski definition) is 0. The summed E-state index contributed by atoms with van der Waals surface area (Å²) in [6.07, 6.45) is 5.78. The number of nitrogens with zero attached hydrogens (tertiary/aromatic N) is 1. The van der Waals surface area contributed by atoms with Crippen LogP contribution in [0.5, 0.6) is 0 Å². The third kappa shape index (κ3) is 1.56. The van der Waals surface area contributed by atoms with Crippen molar-refractivity contribution in [1.82, 2.24) is 4.90 Å². The van der Waals surface area contributed by atoms with Gasteiger partial charge in [-0.2, -0.15) is 0 Å². The van der Waals surface area contributed by atoms with E-state index in [0.29, 0.717) is 6.04 Å². The quantitative estimate of drug-likeness (QED) is 0.378. The number of amides is 1. The van der Waals surface area contributed by atoms with Gasteiger partial charge in [0.15, 0.2) is 0 Å². The molecule has 1 atom stereocenters. The van der Waals surface area contributed by atoms with Crippen molar-refractivity contribution < 1.29 is 21.2 Å². The Labute approximate surface area is 64.2 Å². The summed E-state index contributed by atoms with van der Waals surface area (Å²) >= 11 is 0. The molecule has 2 aliphatic heterocycles. The van der Waals surface area contributed by atoms with Crippen LogP contribution in [-0.4, -0.2) is 33.3 Å². The summed E-state index contributed by atoms with van der Waals surface area (Å²) in [5.74, 6) is 0.281. The summed E-state index contributed by atoms with van der Waals surface area (Å²) in [4.78, 5) is 12.4. The van der Waals surface area contributed by atoms with Gasteiger partial charge < -0.3 is 21.3 Å². The van der Waals surface area contributed by atoms with E-state index in [0.717, 1.165) is 12.8 Å². The van der Waals surface area contributed by atoms with Gasteiger partial charge in [0.1, 0.15) is 0 Å².